The second-order valence-corrected chi connectivity index (χ2v) is 7.60. The number of aromatic nitrogens is 5. The number of rotatable bonds is 6. The lowest BCUT2D eigenvalue weighted by Crippen LogP contribution is -2.04. The number of hydrogen-bond donors (Lipinski definition) is 0. The average molecular weight is 433 g/mol. The van der Waals surface area contributed by atoms with E-state index < -0.39 is 0 Å². The van der Waals surface area contributed by atoms with Crippen LogP contribution in [0, 0.1) is 5.82 Å². The van der Waals surface area contributed by atoms with E-state index in [1.165, 1.54) is 30.2 Å². The Bertz CT molecular complexity index is 1350. The molecule has 0 saturated carbocycles. The van der Waals surface area contributed by atoms with E-state index in [1.54, 1.807) is 19.4 Å². The molecule has 0 amide bonds. The minimum Gasteiger partial charge on any atom is -0.497 e. The van der Waals surface area contributed by atoms with Crippen LogP contribution in [0.5, 0.6) is 5.75 Å². The van der Waals surface area contributed by atoms with Gasteiger partial charge in [0.1, 0.15) is 28.7 Å². The monoisotopic (exact) mass is 433 g/mol. The van der Waals surface area contributed by atoms with E-state index in [0.717, 1.165) is 17.1 Å². The standard InChI is InChI=1S/C22H16FN5O2S/c1-29-16-5-2-4-14(10-16)20-26-27-22(28(20)12-17-6-3-9-30-17)31-21-18-11-15(23)7-8-19(18)24-13-25-21/h2-11,13H,12H2,1H3. The summed E-state index contributed by atoms with van der Waals surface area (Å²) in [5.41, 5.74) is 1.51. The summed E-state index contributed by atoms with van der Waals surface area (Å²) in [6.07, 6.45) is 3.08. The number of hydrogen-bond acceptors (Lipinski definition) is 7. The molecule has 3 heterocycles. The number of nitrogens with zero attached hydrogens (tertiary/aromatic N) is 5. The number of ether oxygens (including phenoxy) is 1. The van der Waals surface area contributed by atoms with Crippen LogP contribution in [-0.2, 0) is 6.54 Å². The highest BCUT2D eigenvalue weighted by Gasteiger charge is 2.19. The second kappa shape index (κ2) is 8.19. The summed E-state index contributed by atoms with van der Waals surface area (Å²) in [5, 5.41) is 10.6. The third-order valence-corrected chi connectivity index (χ3v) is 5.69. The normalized spacial score (nSPS) is 11.2. The molecule has 0 spiro atoms. The molecule has 0 aliphatic heterocycles. The topological polar surface area (TPSA) is 78.9 Å². The van der Waals surface area contributed by atoms with Gasteiger partial charge in [-0.15, -0.1) is 10.2 Å². The van der Waals surface area contributed by atoms with Gasteiger partial charge in [0.2, 0.25) is 0 Å². The first-order chi connectivity index (χ1) is 15.2. The van der Waals surface area contributed by atoms with E-state index in [0.29, 0.717) is 33.5 Å². The zero-order valence-corrected chi connectivity index (χ0v) is 17.2. The predicted octanol–water partition coefficient (Wildman–Crippen LogP) is 4.83. The minimum atomic E-state index is -0.349. The van der Waals surface area contributed by atoms with Crippen LogP contribution in [0.2, 0.25) is 0 Å². The number of benzene rings is 2. The Balaban J connectivity index is 1.60. The molecule has 0 fully saturated rings. The Morgan fingerprint density at radius 1 is 1.06 bits per heavy atom. The quantitative estimate of drug-likeness (QED) is 0.355. The van der Waals surface area contributed by atoms with Crippen LogP contribution in [0.15, 0.2) is 81.8 Å². The van der Waals surface area contributed by atoms with E-state index in [9.17, 15) is 4.39 Å². The van der Waals surface area contributed by atoms with Crippen molar-refractivity contribution in [2.75, 3.05) is 7.11 Å². The zero-order chi connectivity index (χ0) is 21.2. The van der Waals surface area contributed by atoms with Crippen LogP contribution in [0.25, 0.3) is 22.3 Å². The summed E-state index contributed by atoms with van der Waals surface area (Å²) in [7, 11) is 1.62. The lowest BCUT2D eigenvalue weighted by Gasteiger charge is -2.10. The van der Waals surface area contributed by atoms with Crippen molar-refractivity contribution in [3.8, 4) is 17.1 Å². The lowest BCUT2D eigenvalue weighted by molar-refractivity contribution is 0.415. The van der Waals surface area contributed by atoms with Crippen LogP contribution < -0.4 is 4.74 Å². The molecule has 0 aliphatic rings. The molecule has 0 bridgehead atoms. The fourth-order valence-electron chi connectivity index (χ4n) is 3.21. The molecule has 7 nitrogen and oxygen atoms in total. The Hall–Kier alpha value is -3.72. The van der Waals surface area contributed by atoms with Crippen molar-refractivity contribution in [3.63, 3.8) is 0 Å². The van der Waals surface area contributed by atoms with Crippen LogP contribution in [0.3, 0.4) is 0 Å². The van der Waals surface area contributed by atoms with E-state index in [-0.39, 0.29) is 5.82 Å². The predicted molar refractivity (Wildman–Crippen MR) is 113 cm³/mol. The summed E-state index contributed by atoms with van der Waals surface area (Å²) in [6, 6.07) is 15.8. The molecule has 0 radical (unpaired) electrons. The van der Waals surface area contributed by atoms with Crippen molar-refractivity contribution in [2.24, 2.45) is 0 Å². The van der Waals surface area contributed by atoms with Crippen molar-refractivity contribution in [1.82, 2.24) is 24.7 Å². The molecule has 0 saturated heterocycles. The molecule has 0 unspecified atom stereocenters. The summed E-state index contributed by atoms with van der Waals surface area (Å²) < 4.78 is 26.7. The van der Waals surface area contributed by atoms with Gasteiger partial charge < -0.3 is 9.15 Å². The Labute approximate surface area is 180 Å². The van der Waals surface area contributed by atoms with Crippen LogP contribution >= 0.6 is 11.8 Å². The first-order valence-corrected chi connectivity index (χ1v) is 10.2. The second-order valence-electron chi connectivity index (χ2n) is 6.65. The molecule has 31 heavy (non-hydrogen) atoms. The SMILES string of the molecule is COc1cccc(-c2nnc(Sc3ncnc4ccc(F)cc34)n2Cc2ccco2)c1. The third kappa shape index (κ3) is 3.87. The molecule has 2 aromatic carbocycles. The van der Waals surface area contributed by atoms with Crippen LogP contribution in [0.4, 0.5) is 4.39 Å². The van der Waals surface area contributed by atoms with Crippen LogP contribution in [0.1, 0.15) is 5.76 Å². The van der Waals surface area contributed by atoms with Gasteiger partial charge >= 0.3 is 0 Å². The van der Waals surface area contributed by atoms with E-state index in [2.05, 4.69) is 20.2 Å². The molecule has 5 aromatic rings. The molecular weight excluding hydrogens is 417 g/mol. The smallest absolute Gasteiger partial charge is 0.198 e. The highest BCUT2D eigenvalue weighted by atomic mass is 32.2. The number of methoxy groups -OCH3 is 1. The highest BCUT2D eigenvalue weighted by molar-refractivity contribution is 7.99. The average Bonchev–Trinajstić information content (AvgIpc) is 3.45. The van der Waals surface area contributed by atoms with Crippen molar-refractivity contribution >= 4 is 22.7 Å². The maximum absolute atomic E-state index is 13.9. The zero-order valence-electron chi connectivity index (χ0n) is 16.4. The van der Waals surface area contributed by atoms with Crippen molar-refractivity contribution in [3.05, 3.63) is 78.8 Å². The Kier molecular flexibility index (Phi) is 5.09. The van der Waals surface area contributed by atoms with E-state index in [1.807, 2.05) is 41.0 Å². The minimum absolute atomic E-state index is 0.349. The van der Waals surface area contributed by atoms with Gasteiger partial charge in [-0.05, 0) is 54.2 Å². The van der Waals surface area contributed by atoms with Gasteiger partial charge in [-0.1, -0.05) is 12.1 Å². The van der Waals surface area contributed by atoms with Gasteiger partial charge in [0.05, 0.1) is 25.4 Å². The molecule has 0 atom stereocenters. The van der Waals surface area contributed by atoms with E-state index >= 15 is 0 Å². The first-order valence-electron chi connectivity index (χ1n) is 9.39. The maximum atomic E-state index is 13.9. The summed E-state index contributed by atoms with van der Waals surface area (Å²) in [4.78, 5) is 8.57. The third-order valence-electron chi connectivity index (χ3n) is 4.69. The van der Waals surface area contributed by atoms with Gasteiger partial charge in [-0.3, -0.25) is 4.57 Å². The maximum Gasteiger partial charge on any atom is 0.198 e. The fourth-order valence-corrected chi connectivity index (χ4v) is 4.10. The lowest BCUT2D eigenvalue weighted by atomic mass is 10.2. The van der Waals surface area contributed by atoms with Gasteiger partial charge in [0.15, 0.2) is 11.0 Å². The summed E-state index contributed by atoms with van der Waals surface area (Å²) >= 11 is 1.30. The molecule has 5 rings (SSSR count). The van der Waals surface area contributed by atoms with Gasteiger partial charge in [-0.2, -0.15) is 0 Å². The van der Waals surface area contributed by atoms with Gasteiger partial charge in [-0.25, -0.2) is 14.4 Å². The molecule has 0 aliphatic carbocycles. The van der Waals surface area contributed by atoms with E-state index in [4.69, 9.17) is 9.15 Å². The molecule has 154 valence electrons. The van der Waals surface area contributed by atoms with Crippen LogP contribution in [-0.4, -0.2) is 31.8 Å². The molecule has 9 heteroatoms. The van der Waals surface area contributed by atoms with Crippen molar-refractivity contribution in [1.29, 1.82) is 0 Å². The highest BCUT2D eigenvalue weighted by Crippen LogP contribution is 2.33. The first kappa shape index (κ1) is 19.3. The van der Waals surface area contributed by atoms with Crippen molar-refractivity contribution in [2.45, 2.75) is 16.7 Å². The molecular formula is C22H16FN5O2S. The largest absolute Gasteiger partial charge is 0.497 e. The van der Waals surface area contributed by atoms with Gasteiger partial charge in [0.25, 0.3) is 0 Å². The Morgan fingerprint density at radius 2 is 2.00 bits per heavy atom. The fraction of sp³-hybridized carbons (Fsp3) is 0.0909. The molecule has 3 aromatic heterocycles. The Morgan fingerprint density at radius 3 is 2.84 bits per heavy atom. The molecule has 0 N–H and O–H groups in total. The van der Waals surface area contributed by atoms with Gasteiger partial charge in [0, 0.05) is 10.9 Å². The number of furan rings is 1. The number of fused-ring (bicyclic) bond motifs is 1. The summed E-state index contributed by atoms with van der Waals surface area (Å²) in [6.45, 7) is 0.423. The summed E-state index contributed by atoms with van der Waals surface area (Å²) in [5.74, 6) is 1.78. The van der Waals surface area contributed by atoms with Crippen molar-refractivity contribution < 1.29 is 13.5 Å². The number of halogens is 1.